The van der Waals surface area contributed by atoms with Crippen LogP contribution < -0.4 is 0 Å². The second kappa shape index (κ2) is 3.87. The van der Waals surface area contributed by atoms with Gasteiger partial charge in [0.15, 0.2) is 0 Å². The second-order valence-electron chi connectivity index (χ2n) is 4.23. The fraction of sp³-hybridized carbons (Fsp3) is 0.133. The maximum absolute atomic E-state index is 8.90. The first-order valence-corrected chi connectivity index (χ1v) is 6.39. The molecule has 0 saturated carbocycles. The number of fused-ring (bicyclic) bond motifs is 3. The van der Waals surface area contributed by atoms with Crippen LogP contribution in [0.1, 0.15) is 11.1 Å². The van der Waals surface area contributed by atoms with Crippen molar-refractivity contribution in [2.75, 3.05) is 0 Å². The van der Waals surface area contributed by atoms with Crippen LogP contribution >= 0.6 is 11.3 Å². The Morgan fingerprint density at radius 3 is 2.88 bits per heavy atom. The summed E-state index contributed by atoms with van der Waals surface area (Å²) in [5.74, 6) is 0. The molecule has 0 amide bonds. The van der Waals surface area contributed by atoms with Gasteiger partial charge in [0, 0.05) is 20.2 Å². The molecule has 0 spiro atoms. The molecule has 2 heteroatoms. The van der Waals surface area contributed by atoms with Gasteiger partial charge in [0.1, 0.15) is 0 Å². The van der Waals surface area contributed by atoms with Crippen molar-refractivity contribution in [1.82, 2.24) is 0 Å². The lowest BCUT2D eigenvalue weighted by atomic mass is 10.0. The number of hydrogen-bond acceptors (Lipinski definition) is 2. The van der Waals surface area contributed by atoms with Gasteiger partial charge in [0.2, 0.25) is 0 Å². The van der Waals surface area contributed by atoms with E-state index < -0.39 is 0 Å². The van der Waals surface area contributed by atoms with Crippen LogP contribution in [0, 0.1) is 18.3 Å². The zero-order valence-corrected chi connectivity index (χ0v) is 10.3. The quantitative estimate of drug-likeness (QED) is 0.614. The molecule has 0 fully saturated rings. The Bertz CT molecular complexity index is 747. The summed E-state index contributed by atoms with van der Waals surface area (Å²) >= 11 is 1.80. The molecule has 0 saturated heterocycles. The highest BCUT2D eigenvalue weighted by atomic mass is 32.1. The van der Waals surface area contributed by atoms with E-state index in [2.05, 4.69) is 43.3 Å². The minimum absolute atomic E-state index is 0.483. The van der Waals surface area contributed by atoms with E-state index in [0.717, 1.165) is 5.56 Å². The van der Waals surface area contributed by atoms with Crippen LogP contribution in [-0.2, 0) is 6.42 Å². The third-order valence-electron chi connectivity index (χ3n) is 3.01. The third-order valence-corrected chi connectivity index (χ3v) is 4.14. The molecule has 1 aromatic heterocycles. The summed E-state index contributed by atoms with van der Waals surface area (Å²) in [6, 6.07) is 15.0. The number of nitrogens with zero attached hydrogens (tertiary/aromatic N) is 1. The summed E-state index contributed by atoms with van der Waals surface area (Å²) in [4.78, 5) is 0. The van der Waals surface area contributed by atoms with Gasteiger partial charge in [0.25, 0.3) is 0 Å². The fourth-order valence-electron chi connectivity index (χ4n) is 2.25. The van der Waals surface area contributed by atoms with Crippen LogP contribution in [0.25, 0.3) is 20.2 Å². The molecule has 3 aromatic rings. The Balaban J connectivity index is 2.48. The average molecular weight is 237 g/mol. The summed E-state index contributed by atoms with van der Waals surface area (Å²) in [6.07, 6.45) is 0.483. The fourth-order valence-corrected chi connectivity index (χ4v) is 3.38. The molecule has 0 bridgehead atoms. The molecule has 1 nitrogen and oxygen atoms in total. The van der Waals surface area contributed by atoms with E-state index in [1.807, 2.05) is 6.07 Å². The lowest BCUT2D eigenvalue weighted by Crippen LogP contribution is -1.82. The molecular weight excluding hydrogens is 226 g/mol. The lowest BCUT2D eigenvalue weighted by Gasteiger charge is -1.99. The van der Waals surface area contributed by atoms with Crippen molar-refractivity contribution in [2.45, 2.75) is 13.3 Å². The van der Waals surface area contributed by atoms with Crippen molar-refractivity contribution in [3.63, 3.8) is 0 Å². The minimum Gasteiger partial charge on any atom is -0.198 e. The predicted molar refractivity (Wildman–Crippen MR) is 73.4 cm³/mol. The Kier molecular flexibility index (Phi) is 2.35. The second-order valence-corrected chi connectivity index (χ2v) is 5.31. The van der Waals surface area contributed by atoms with E-state index in [1.54, 1.807) is 11.3 Å². The van der Waals surface area contributed by atoms with Gasteiger partial charge >= 0.3 is 0 Å². The van der Waals surface area contributed by atoms with Crippen LogP contribution in [0.4, 0.5) is 0 Å². The smallest absolute Gasteiger partial charge is 0.0669 e. The number of benzene rings is 2. The molecule has 0 atom stereocenters. The number of rotatable bonds is 1. The summed E-state index contributed by atoms with van der Waals surface area (Å²) in [5.41, 5.74) is 2.41. The number of aryl methyl sites for hydroxylation is 1. The Hall–Kier alpha value is -1.85. The van der Waals surface area contributed by atoms with Gasteiger partial charge < -0.3 is 0 Å². The zero-order valence-electron chi connectivity index (χ0n) is 9.53. The van der Waals surface area contributed by atoms with E-state index in [-0.39, 0.29) is 0 Å². The molecule has 1 heterocycles. The molecule has 0 aliphatic carbocycles. The van der Waals surface area contributed by atoms with E-state index in [0.29, 0.717) is 6.42 Å². The van der Waals surface area contributed by atoms with Gasteiger partial charge in [-0.3, -0.25) is 0 Å². The van der Waals surface area contributed by atoms with Crippen LogP contribution in [0.3, 0.4) is 0 Å². The summed E-state index contributed by atoms with van der Waals surface area (Å²) in [7, 11) is 0. The number of thiophene rings is 1. The highest BCUT2D eigenvalue weighted by Crippen LogP contribution is 2.36. The Morgan fingerprint density at radius 1 is 1.18 bits per heavy atom. The first-order chi connectivity index (χ1) is 8.29. The molecule has 0 radical (unpaired) electrons. The highest BCUT2D eigenvalue weighted by Gasteiger charge is 2.08. The summed E-state index contributed by atoms with van der Waals surface area (Å²) < 4.78 is 2.58. The molecule has 0 unspecified atom stereocenters. The highest BCUT2D eigenvalue weighted by molar-refractivity contribution is 7.25. The van der Waals surface area contributed by atoms with Crippen molar-refractivity contribution in [3.8, 4) is 6.07 Å². The van der Waals surface area contributed by atoms with Crippen molar-refractivity contribution in [3.05, 3.63) is 47.5 Å². The number of nitriles is 1. The van der Waals surface area contributed by atoms with E-state index in [1.165, 1.54) is 25.7 Å². The van der Waals surface area contributed by atoms with Crippen molar-refractivity contribution in [2.24, 2.45) is 0 Å². The Morgan fingerprint density at radius 2 is 2.06 bits per heavy atom. The SMILES string of the molecule is Cc1ccc2sc3cccc(CC#N)c3c2c1. The normalized spacial score (nSPS) is 10.8. The lowest BCUT2D eigenvalue weighted by molar-refractivity contribution is 1.29. The predicted octanol–water partition coefficient (Wildman–Crippen LogP) is 4.43. The summed E-state index contributed by atoms with van der Waals surface area (Å²) in [5, 5.41) is 11.4. The van der Waals surface area contributed by atoms with Crippen LogP contribution in [0.5, 0.6) is 0 Å². The van der Waals surface area contributed by atoms with Gasteiger partial charge in [-0.25, -0.2) is 0 Å². The number of hydrogen-bond donors (Lipinski definition) is 0. The Labute approximate surface area is 104 Å². The van der Waals surface area contributed by atoms with Crippen molar-refractivity contribution in [1.29, 1.82) is 5.26 Å². The maximum Gasteiger partial charge on any atom is 0.0669 e. The van der Waals surface area contributed by atoms with Crippen molar-refractivity contribution >= 4 is 31.5 Å². The largest absolute Gasteiger partial charge is 0.198 e. The monoisotopic (exact) mass is 237 g/mol. The maximum atomic E-state index is 8.90. The van der Waals surface area contributed by atoms with Gasteiger partial charge in [0.05, 0.1) is 12.5 Å². The average Bonchev–Trinajstić information content (AvgIpc) is 2.68. The summed E-state index contributed by atoms with van der Waals surface area (Å²) in [6.45, 7) is 2.11. The van der Waals surface area contributed by atoms with E-state index >= 15 is 0 Å². The van der Waals surface area contributed by atoms with E-state index in [4.69, 9.17) is 5.26 Å². The minimum atomic E-state index is 0.483. The van der Waals surface area contributed by atoms with Crippen LogP contribution in [-0.4, -0.2) is 0 Å². The van der Waals surface area contributed by atoms with Gasteiger partial charge in [-0.1, -0.05) is 23.8 Å². The van der Waals surface area contributed by atoms with E-state index in [9.17, 15) is 0 Å². The van der Waals surface area contributed by atoms with Crippen LogP contribution in [0.15, 0.2) is 36.4 Å². The first-order valence-electron chi connectivity index (χ1n) is 5.57. The molecule has 0 N–H and O–H groups in total. The molecule has 0 aliphatic rings. The zero-order chi connectivity index (χ0) is 11.8. The molecule has 2 aromatic carbocycles. The third kappa shape index (κ3) is 1.60. The van der Waals surface area contributed by atoms with Gasteiger partial charge in [-0.15, -0.1) is 11.3 Å². The van der Waals surface area contributed by atoms with Crippen LogP contribution in [0.2, 0.25) is 0 Å². The van der Waals surface area contributed by atoms with Gasteiger partial charge in [-0.05, 0) is 30.7 Å². The molecule has 3 rings (SSSR count). The van der Waals surface area contributed by atoms with Gasteiger partial charge in [-0.2, -0.15) is 5.26 Å². The molecular formula is C15H11NS. The van der Waals surface area contributed by atoms with Crippen molar-refractivity contribution < 1.29 is 0 Å². The molecule has 0 aliphatic heterocycles. The topological polar surface area (TPSA) is 23.8 Å². The standard InChI is InChI=1S/C15H11NS/c1-10-5-6-13-12(9-10)15-11(7-8-16)3-2-4-14(15)17-13/h2-6,9H,7H2,1H3. The molecule has 17 heavy (non-hydrogen) atoms. The molecule has 82 valence electrons. The first kappa shape index (κ1) is 10.3.